The highest BCUT2D eigenvalue weighted by Crippen LogP contribution is 2.32. The quantitative estimate of drug-likeness (QED) is 0.0805. The number of aryl methyl sites for hydroxylation is 1. The second-order valence-electron chi connectivity index (χ2n) is 12.5. The first-order valence-electron chi connectivity index (χ1n) is 17.4. The van der Waals surface area contributed by atoms with E-state index in [2.05, 4.69) is 0 Å². The minimum absolute atomic E-state index is 0.00654. The van der Waals surface area contributed by atoms with Crippen molar-refractivity contribution in [2.24, 2.45) is 0 Å². The van der Waals surface area contributed by atoms with Crippen LogP contribution in [0, 0.1) is 6.92 Å². The third-order valence-electron chi connectivity index (χ3n) is 8.85. The van der Waals surface area contributed by atoms with E-state index in [1.165, 1.54) is 17.0 Å². The van der Waals surface area contributed by atoms with Crippen molar-refractivity contribution < 1.29 is 46.2 Å². The van der Waals surface area contributed by atoms with Crippen molar-refractivity contribution in [2.45, 2.75) is 49.7 Å². The molecule has 0 aromatic heterocycles. The molecule has 5 rings (SSSR count). The van der Waals surface area contributed by atoms with Gasteiger partial charge in [0.15, 0.2) is 0 Å². The Balaban J connectivity index is 1.08. The van der Waals surface area contributed by atoms with Crippen LogP contribution in [0.3, 0.4) is 0 Å². The summed E-state index contributed by atoms with van der Waals surface area (Å²) in [5, 5.41) is 9.68. The Bertz CT molecular complexity index is 1820. The highest BCUT2D eigenvalue weighted by molar-refractivity contribution is 7.86. The van der Waals surface area contributed by atoms with Gasteiger partial charge in [0.25, 0.3) is 10.1 Å². The molecule has 1 amide bonds. The van der Waals surface area contributed by atoms with E-state index in [1.54, 1.807) is 19.2 Å². The van der Waals surface area contributed by atoms with Gasteiger partial charge in [-0.05, 0) is 60.9 Å². The van der Waals surface area contributed by atoms with Crippen molar-refractivity contribution >= 4 is 16.2 Å². The lowest BCUT2D eigenvalue weighted by Crippen LogP contribution is -2.46. The van der Waals surface area contributed by atoms with Gasteiger partial charge in [0.2, 0.25) is 0 Å². The summed E-state index contributed by atoms with van der Waals surface area (Å²) < 4.78 is 59.9. The van der Waals surface area contributed by atoms with E-state index in [0.717, 1.165) is 40.2 Å². The molecular formula is C40H47NO10S. The lowest BCUT2D eigenvalue weighted by molar-refractivity contribution is -0.0207. The summed E-state index contributed by atoms with van der Waals surface area (Å²) in [6.07, 6.45) is 0.348. The fraction of sp³-hybridized carbons (Fsp3) is 0.375. The summed E-state index contributed by atoms with van der Waals surface area (Å²) >= 11 is 0. The van der Waals surface area contributed by atoms with E-state index in [1.807, 2.05) is 79.7 Å². The van der Waals surface area contributed by atoms with Gasteiger partial charge >= 0.3 is 6.09 Å². The van der Waals surface area contributed by atoms with E-state index in [9.17, 15) is 18.3 Å². The molecule has 4 aromatic carbocycles. The maximum atomic E-state index is 12.6. The average Bonchev–Trinajstić information content (AvgIpc) is 3.15. The van der Waals surface area contributed by atoms with Crippen LogP contribution in [0.2, 0.25) is 0 Å². The molecule has 1 aliphatic heterocycles. The SMILES string of the molecule is COc1ccccc1COCCCOc1ccc(C2CCN(C(=O)O)CC2OCCOc2ccccc2CCOS(=O)(=O)c2ccc(C)cc2)cc1. The summed E-state index contributed by atoms with van der Waals surface area (Å²) in [7, 11) is -2.23. The van der Waals surface area contributed by atoms with Gasteiger partial charge in [-0.3, -0.25) is 4.18 Å². The molecule has 278 valence electrons. The molecule has 52 heavy (non-hydrogen) atoms. The summed E-state index contributed by atoms with van der Waals surface area (Å²) in [6.45, 7) is 4.52. The number of likely N-dealkylation sites (tertiary alicyclic amines) is 1. The minimum atomic E-state index is -3.87. The maximum absolute atomic E-state index is 12.6. The van der Waals surface area contributed by atoms with Gasteiger partial charge in [0, 0.05) is 30.9 Å². The Hall–Kier alpha value is -4.62. The van der Waals surface area contributed by atoms with E-state index >= 15 is 0 Å². The van der Waals surface area contributed by atoms with Crippen LogP contribution in [0.25, 0.3) is 0 Å². The molecule has 2 atom stereocenters. The number of hydrogen-bond acceptors (Lipinski definition) is 9. The van der Waals surface area contributed by atoms with Crippen LogP contribution in [0.4, 0.5) is 4.79 Å². The molecule has 0 aliphatic carbocycles. The lowest BCUT2D eigenvalue weighted by atomic mass is 9.87. The van der Waals surface area contributed by atoms with Crippen molar-refractivity contribution in [1.29, 1.82) is 0 Å². The third-order valence-corrected chi connectivity index (χ3v) is 10.2. The van der Waals surface area contributed by atoms with Crippen LogP contribution >= 0.6 is 0 Å². The number of carboxylic acid groups (broad SMARTS) is 1. The molecule has 0 saturated carbocycles. The molecule has 11 nitrogen and oxygen atoms in total. The van der Waals surface area contributed by atoms with E-state index in [-0.39, 0.29) is 43.3 Å². The average molecular weight is 734 g/mol. The van der Waals surface area contributed by atoms with Crippen LogP contribution in [0.15, 0.2) is 102 Å². The first kappa shape index (κ1) is 38.6. The molecule has 0 radical (unpaired) electrons. The smallest absolute Gasteiger partial charge is 0.407 e. The summed E-state index contributed by atoms with van der Waals surface area (Å²) in [6, 6.07) is 29.6. The molecule has 12 heteroatoms. The van der Waals surface area contributed by atoms with E-state index in [4.69, 9.17) is 27.9 Å². The van der Waals surface area contributed by atoms with Gasteiger partial charge in [-0.1, -0.05) is 66.2 Å². The highest BCUT2D eigenvalue weighted by atomic mass is 32.2. The topological polar surface area (TPSA) is 130 Å². The van der Waals surface area contributed by atoms with Gasteiger partial charge < -0.3 is 33.7 Å². The zero-order valence-corrected chi connectivity index (χ0v) is 30.5. The Labute approximate surface area is 306 Å². The van der Waals surface area contributed by atoms with Gasteiger partial charge in [-0.2, -0.15) is 8.42 Å². The Morgan fingerprint density at radius 3 is 2.25 bits per heavy atom. The summed E-state index contributed by atoms with van der Waals surface area (Å²) in [4.78, 5) is 13.3. The van der Waals surface area contributed by atoms with Crippen LogP contribution in [0.5, 0.6) is 17.2 Å². The highest BCUT2D eigenvalue weighted by Gasteiger charge is 2.33. The van der Waals surface area contributed by atoms with Crippen molar-refractivity contribution in [3.63, 3.8) is 0 Å². The maximum Gasteiger partial charge on any atom is 0.407 e. The largest absolute Gasteiger partial charge is 0.496 e. The first-order valence-corrected chi connectivity index (χ1v) is 18.8. The number of amides is 1. The third kappa shape index (κ3) is 11.2. The monoisotopic (exact) mass is 733 g/mol. The van der Waals surface area contributed by atoms with Crippen LogP contribution in [0.1, 0.15) is 41.0 Å². The van der Waals surface area contributed by atoms with Crippen molar-refractivity contribution in [3.8, 4) is 17.2 Å². The number of carbonyl (C=O) groups is 1. The molecule has 1 fully saturated rings. The first-order chi connectivity index (χ1) is 25.2. The molecule has 4 aromatic rings. The number of para-hydroxylation sites is 2. The molecule has 2 unspecified atom stereocenters. The van der Waals surface area contributed by atoms with E-state index in [0.29, 0.717) is 45.0 Å². The normalized spacial score (nSPS) is 16.0. The number of nitrogens with zero attached hydrogens (tertiary/aromatic N) is 1. The zero-order chi connectivity index (χ0) is 36.8. The summed E-state index contributed by atoms with van der Waals surface area (Å²) in [5.74, 6) is 2.16. The molecule has 1 N–H and O–H groups in total. The van der Waals surface area contributed by atoms with Crippen LogP contribution in [-0.2, 0) is 36.8 Å². The van der Waals surface area contributed by atoms with Crippen molar-refractivity contribution in [3.05, 3.63) is 119 Å². The fourth-order valence-electron chi connectivity index (χ4n) is 6.04. The predicted molar refractivity (Wildman–Crippen MR) is 196 cm³/mol. The Morgan fingerprint density at radius 2 is 1.52 bits per heavy atom. The van der Waals surface area contributed by atoms with Crippen molar-refractivity contribution in [2.75, 3.05) is 53.2 Å². The van der Waals surface area contributed by atoms with Crippen LogP contribution in [-0.4, -0.2) is 83.9 Å². The Kier molecular flexibility index (Phi) is 14.3. The van der Waals surface area contributed by atoms with Gasteiger partial charge in [0.1, 0.15) is 23.9 Å². The van der Waals surface area contributed by atoms with E-state index < -0.39 is 16.2 Å². The Morgan fingerprint density at radius 1 is 0.808 bits per heavy atom. The second kappa shape index (κ2) is 19.3. The zero-order valence-electron chi connectivity index (χ0n) is 29.6. The molecule has 1 saturated heterocycles. The number of methoxy groups -OCH3 is 1. The number of rotatable bonds is 19. The molecule has 1 heterocycles. The number of hydrogen-bond donors (Lipinski definition) is 1. The number of ether oxygens (including phenoxy) is 5. The molecule has 0 spiro atoms. The number of piperidine rings is 1. The molecule has 0 bridgehead atoms. The van der Waals surface area contributed by atoms with Crippen molar-refractivity contribution in [1.82, 2.24) is 4.90 Å². The standard InChI is InChI=1S/C40H47NO10S/c1-30-12-18-35(19-13-30)52(44,45)51-25-21-32-8-3-6-11-38(32)49-26-27-50-39-28-41(40(42)43)22-20-36(39)31-14-16-34(17-15-31)48-24-7-23-47-29-33-9-4-5-10-37(33)46-2/h3-6,8-19,36,39H,7,20-29H2,1-2H3,(H,42,43). The summed E-state index contributed by atoms with van der Waals surface area (Å²) in [5.41, 5.74) is 3.82. The fourth-order valence-corrected chi connectivity index (χ4v) is 6.95. The predicted octanol–water partition coefficient (Wildman–Crippen LogP) is 6.87. The lowest BCUT2D eigenvalue weighted by Gasteiger charge is -2.37. The minimum Gasteiger partial charge on any atom is -0.496 e. The second-order valence-corrected chi connectivity index (χ2v) is 14.1. The molecular weight excluding hydrogens is 687 g/mol. The van der Waals surface area contributed by atoms with Gasteiger partial charge in [-0.25, -0.2) is 4.79 Å². The van der Waals surface area contributed by atoms with Gasteiger partial charge in [-0.15, -0.1) is 0 Å². The van der Waals surface area contributed by atoms with Gasteiger partial charge in [0.05, 0.1) is 57.7 Å². The number of benzene rings is 4. The molecule has 1 aliphatic rings. The van der Waals surface area contributed by atoms with Crippen LogP contribution < -0.4 is 14.2 Å².